The first-order valence-corrected chi connectivity index (χ1v) is 12.0. The summed E-state index contributed by atoms with van der Waals surface area (Å²) in [6.45, 7) is 3.36. The summed E-state index contributed by atoms with van der Waals surface area (Å²) in [5.74, 6) is 0.338. The maximum Gasteiger partial charge on any atom is 0.310 e. The molecule has 32 heavy (non-hydrogen) atoms. The van der Waals surface area contributed by atoms with Gasteiger partial charge in [0.1, 0.15) is 6.10 Å². The van der Waals surface area contributed by atoms with Crippen molar-refractivity contribution in [1.29, 1.82) is 0 Å². The second kappa shape index (κ2) is 11.2. The van der Waals surface area contributed by atoms with Crippen molar-refractivity contribution in [2.45, 2.75) is 31.5 Å². The molecule has 2 heterocycles. The molecule has 0 bridgehead atoms. The number of piperidine rings is 1. The van der Waals surface area contributed by atoms with E-state index in [0.717, 1.165) is 38.9 Å². The Balaban J connectivity index is 1.22. The molecule has 0 radical (unpaired) electrons. The maximum absolute atomic E-state index is 11.1. The molecule has 6 nitrogen and oxygen atoms in total. The van der Waals surface area contributed by atoms with Crippen LogP contribution in [0.15, 0.2) is 71.4 Å². The van der Waals surface area contributed by atoms with Crippen LogP contribution in [0.25, 0.3) is 0 Å². The van der Waals surface area contributed by atoms with Crippen LogP contribution in [0.2, 0.25) is 0 Å². The summed E-state index contributed by atoms with van der Waals surface area (Å²) in [5.41, 5.74) is 2.43. The third-order valence-corrected chi connectivity index (χ3v) is 6.45. The van der Waals surface area contributed by atoms with E-state index in [-0.39, 0.29) is 17.9 Å². The van der Waals surface area contributed by atoms with E-state index in [4.69, 9.17) is 9.47 Å². The van der Waals surface area contributed by atoms with E-state index in [1.54, 1.807) is 29.5 Å². The van der Waals surface area contributed by atoms with Crippen LogP contribution < -0.4 is 4.74 Å². The van der Waals surface area contributed by atoms with Crippen LogP contribution in [-0.2, 0) is 4.74 Å². The summed E-state index contributed by atoms with van der Waals surface area (Å²) < 4.78 is 12.2. The van der Waals surface area contributed by atoms with Crippen LogP contribution in [0.5, 0.6) is 5.75 Å². The van der Waals surface area contributed by atoms with Gasteiger partial charge >= 0.3 is 5.69 Å². The molecule has 2 aromatic carbocycles. The smallest absolute Gasteiger partial charge is 0.310 e. The summed E-state index contributed by atoms with van der Waals surface area (Å²) in [6.07, 6.45) is 3.05. The molecule has 4 rings (SSSR count). The number of nitro groups is 1. The molecule has 1 aliphatic heterocycles. The first-order valence-electron chi connectivity index (χ1n) is 11.0. The molecule has 0 saturated carbocycles. The summed E-state index contributed by atoms with van der Waals surface area (Å²) in [5, 5.41) is 15.4. The van der Waals surface area contributed by atoms with Crippen molar-refractivity contribution in [3.05, 3.63) is 92.7 Å². The molecule has 168 valence electrons. The van der Waals surface area contributed by atoms with Crippen molar-refractivity contribution < 1.29 is 14.4 Å². The number of hydrogen-bond acceptors (Lipinski definition) is 6. The van der Waals surface area contributed by atoms with E-state index in [9.17, 15) is 10.1 Å². The molecule has 0 N–H and O–H groups in total. The Bertz CT molecular complexity index is 973. The Labute approximate surface area is 192 Å². The summed E-state index contributed by atoms with van der Waals surface area (Å²) in [6, 6.07) is 19.1. The van der Waals surface area contributed by atoms with Gasteiger partial charge in [-0.25, -0.2) is 0 Å². The highest BCUT2D eigenvalue weighted by molar-refractivity contribution is 7.08. The Morgan fingerprint density at radius 3 is 2.50 bits per heavy atom. The van der Waals surface area contributed by atoms with Crippen molar-refractivity contribution in [2.24, 2.45) is 0 Å². The third kappa shape index (κ3) is 5.94. The standard InChI is InChI=1S/C25H28N2O4S/c28-27(29)23-9-4-5-10-24(23)30-17-6-14-26-15-11-22(12-16-26)31-25(21-13-18-32-19-21)20-7-2-1-3-8-20/h1-5,7-10,13,18-19,22,25H,6,11-12,14-17H2. The lowest BCUT2D eigenvalue weighted by Gasteiger charge is -2.34. The van der Waals surface area contributed by atoms with Crippen molar-refractivity contribution in [1.82, 2.24) is 4.90 Å². The average Bonchev–Trinajstić information content (AvgIpc) is 3.36. The van der Waals surface area contributed by atoms with E-state index >= 15 is 0 Å². The van der Waals surface area contributed by atoms with Gasteiger partial charge in [-0.1, -0.05) is 42.5 Å². The predicted molar refractivity (Wildman–Crippen MR) is 126 cm³/mol. The van der Waals surface area contributed by atoms with Crippen LogP contribution in [-0.4, -0.2) is 42.2 Å². The van der Waals surface area contributed by atoms with Crippen LogP contribution in [0.1, 0.15) is 36.5 Å². The first kappa shape index (κ1) is 22.5. The molecule has 1 atom stereocenters. The van der Waals surface area contributed by atoms with Gasteiger partial charge in [0.2, 0.25) is 0 Å². The van der Waals surface area contributed by atoms with Gasteiger partial charge in [-0.15, -0.1) is 0 Å². The zero-order chi connectivity index (χ0) is 22.2. The number of benzene rings is 2. The zero-order valence-electron chi connectivity index (χ0n) is 18.0. The van der Waals surface area contributed by atoms with Gasteiger partial charge in [-0.05, 0) is 53.3 Å². The van der Waals surface area contributed by atoms with Gasteiger partial charge in [0.05, 0.1) is 17.6 Å². The number of nitrogens with zero attached hydrogens (tertiary/aromatic N) is 2. The van der Waals surface area contributed by atoms with Crippen LogP contribution in [0.3, 0.4) is 0 Å². The van der Waals surface area contributed by atoms with Crippen LogP contribution >= 0.6 is 11.3 Å². The highest BCUT2D eigenvalue weighted by Gasteiger charge is 2.25. The summed E-state index contributed by atoms with van der Waals surface area (Å²) in [7, 11) is 0. The fraction of sp³-hybridized carbons (Fsp3) is 0.360. The predicted octanol–water partition coefficient (Wildman–Crippen LogP) is 5.70. The fourth-order valence-corrected chi connectivity index (χ4v) is 4.74. The fourth-order valence-electron chi connectivity index (χ4n) is 4.06. The molecule has 1 aromatic heterocycles. The summed E-state index contributed by atoms with van der Waals surface area (Å²) in [4.78, 5) is 13.1. The number of nitro benzene ring substituents is 1. The van der Waals surface area contributed by atoms with Gasteiger partial charge in [0.15, 0.2) is 5.75 Å². The van der Waals surface area contributed by atoms with Crippen molar-refractivity contribution >= 4 is 17.0 Å². The molecule has 1 aliphatic rings. The molecule has 7 heteroatoms. The van der Waals surface area contributed by atoms with E-state index in [0.29, 0.717) is 12.4 Å². The lowest BCUT2D eigenvalue weighted by atomic mass is 10.0. The number of ether oxygens (including phenoxy) is 2. The topological polar surface area (TPSA) is 64.8 Å². The third-order valence-electron chi connectivity index (χ3n) is 5.75. The largest absolute Gasteiger partial charge is 0.487 e. The number of thiophene rings is 1. The van der Waals surface area contributed by atoms with Gasteiger partial charge < -0.3 is 14.4 Å². The number of para-hydroxylation sites is 2. The van der Waals surface area contributed by atoms with Gasteiger partial charge in [0, 0.05) is 25.7 Å². The quantitative estimate of drug-likeness (QED) is 0.224. The van der Waals surface area contributed by atoms with Crippen molar-refractivity contribution in [3.63, 3.8) is 0 Å². The molecule has 0 amide bonds. The number of likely N-dealkylation sites (tertiary alicyclic amines) is 1. The Hall–Kier alpha value is -2.74. The SMILES string of the molecule is O=[N+]([O-])c1ccccc1OCCCN1CCC(OC(c2ccccc2)c2ccsc2)CC1. The number of rotatable bonds is 10. The highest BCUT2D eigenvalue weighted by Crippen LogP contribution is 2.31. The van der Waals surface area contributed by atoms with E-state index in [1.807, 2.05) is 6.07 Å². The van der Waals surface area contributed by atoms with E-state index in [1.165, 1.54) is 17.2 Å². The number of hydrogen-bond donors (Lipinski definition) is 0. The lowest BCUT2D eigenvalue weighted by Crippen LogP contribution is -2.38. The van der Waals surface area contributed by atoms with Crippen LogP contribution in [0, 0.1) is 10.1 Å². The highest BCUT2D eigenvalue weighted by atomic mass is 32.1. The lowest BCUT2D eigenvalue weighted by molar-refractivity contribution is -0.385. The first-order chi connectivity index (χ1) is 15.7. The second-order valence-electron chi connectivity index (χ2n) is 7.95. The molecule has 1 saturated heterocycles. The minimum absolute atomic E-state index is 0.0176. The molecule has 0 spiro atoms. The van der Waals surface area contributed by atoms with Crippen LogP contribution in [0.4, 0.5) is 5.69 Å². The maximum atomic E-state index is 11.1. The van der Waals surface area contributed by atoms with E-state index < -0.39 is 4.92 Å². The Kier molecular flexibility index (Phi) is 7.87. The average molecular weight is 453 g/mol. The summed E-state index contributed by atoms with van der Waals surface area (Å²) >= 11 is 1.70. The molecule has 1 fully saturated rings. The zero-order valence-corrected chi connectivity index (χ0v) is 18.8. The second-order valence-corrected chi connectivity index (χ2v) is 8.73. The van der Waals surface area contributed by atoms with Gasteiger partial charge in [0.25, 0.3) is 0 Å². The Morgan fingerprint density at radius 2 is 1.78 bits per heavy atom. The van der Waals surface area contributed by atoms with Crippen molar-refractivity contribution in [3.8, 4) is 5.75 Å². The molecular formula is C25H28N2O4S. The Morgan fingerprint density at radius 1 is 1.03 bits per heavy atom. The van der Waals surface area contributed by atoms with E-state index in [2.05, 4.69) is 46.0 Å². The minimum atomic E-state index is -0.404. The molecular weight excluding hydrogens is 424 g/mol. The monoisotopic (exact) mass is 452 g/mol. The minimum Gasteiger partial charge on any atom is -0.487 e. The molecule has 3 aromatic rings. The van der Waals surface area contributed by atoms with Crippen molar-refractivity contribution in [2.75, 3.05) is 26.2 Å². The molecule has 1 unspecified atom stereocenters. The normalized spacial score (nSPS) is 16.0. The van der Waals surface area contributed by atoms with Gasteiger partial charge in [-0.2, -0.15) is 11.3 Å². The molecule has 0 aliphatic carbocycles. The van der Waals surface area contributed by atoms with Gasteiger partial charge in [-0.3, -0.25) is 10.1 Å².